The minimum absolute atomic E-state index is 0.0439. The quantitative estimate of drug-likeness (QED) is 0.734. The van der Waals surface area contributed by atoms with Gasteiger partial charge in [0, 0.05) is 11.0 Å². The Bertz CT molecular complexity index is 456. The van der Waals surface area contributed by atoms with Crippen LogP contribution in [0.5, 0.6) is 0 Å². The van der Waals surface area contributed by atoms with E-state index in [9.17, 15) is 0 Å². The highest BCUT2D eigenvalue weighted by Gasteiger charge is 2.55. The van der Waals surface area contributed by atoms with Gasteiger partial charge < -0.3 is 15.2 Å². The van der Waals surface area contributed by atoms with Gasteiger partial charge in [-0.15, -0.1) is 0 Å². The van der Waals surface area contributed by atoms with Crippen molar-refractivity contribution in [3.8, 4) is 0 Å². The van der Waals surface area contributed by atoms with E-state index in [4.69, 9.17) is 15.2 Å². The molecule has 0 aromatic rings. The molecule has 1 aliphatic heterocycles. The highest BCUT2D eigenvalue weighted by Crippen LogP contribution is 2.58. The smallest absolute Gasteiger partial charge is 0.162 e. The zero-order valence-corrected chi connectivity index (χ0v) is 16.2. The van der Waals surface area contributed by atoms with Crippen LogP contribution >= 0.6 is 0 Å². The van der Waals surface area contributed by atoms with Crippen molar-refractivity contribution < 1.29 is 9.47 Å². The molecule has 3 heteroatoms. The Morgan fingerprint density at radius 3 is 2.08 bits per heavy atom. The maximum Gasteiger partial charge on any atom is 0.162 e. The monoisotopic (exact) mass is 335 g/mol. The summed E-state index contributed by atoms with van der Waals surface area (Å²) in [7, 11) is 0. The van der Waals surface area contributed by atoms with Crippen LogP contribution < -0.4 is 5.73 Å². The molecule has 24 heavy (non-hydrogen) atoms. The molecular formula is C21H37NO2. The van der Waals surface area contributed by atoms with Gasteiger partial charge in [-0.2, -0.15) is 0 Å². The Kier molecular flexibility index (Phi) is 5.17. The summed E-state index contributed by atoms with van der Waals surface area (Å²) in [5.74, 6) is 1.10. The number of allylic oxidation sites excluding steroid dienone is 1. The molecule has 0 radical (unpaired) electrons. The molecule has 2 saturated carbocycles. The molecule has 3 fully saturated rings. The summed E-state index contributed by atoms with van der Waals surface area (Å²) in [6.07, 6.45) is 12.0. The minimum Gasteiger partial charge on any atom is -0.350 e. The van der Waals surface area contributed by atoms with E-state index in [0.717, 1.165) is 25.0 Å². The number of hydrogen-bond acceptors (Lipinski definition) is 3. The molecule has 3 aliphatic rings. The summed E-state index contributed by atoms with van der Waals surface area (Å²) in [5.41, 5.74) is 8.70. The van der Waals surface area contributed by atoms with E-state index in [0.29, 0.717) is 0 Å². The van der Waals surface area contributed by atoms with Crippen LogP contribution in [0, 0.1) is 17.3 Å². The highest BCUT2D eigenvalue weighted by molar-refractivity contribution is 5.24. The Hall–Kier alpha value is -0.380. The normalized spacial score (nSPS) is 33.8. The second kappa shape index (κ2) is 6.74. The lowest BCUT2D eigenvalue weighted by atomic mass is 9.78. The maximum atomic E-state index is 6.95. The first-order valence-electron chi connectivity index (χ1n) is 10.1. The van der Waals surface area contributed by atoms with Gasteiger partial charge in [-0.25, -0.2) is 0 Å². The molecular weight excluding hydrogens is 298 g/mol. The van der Waals surface area contributed by atoms with Crippen molar-refractivity contribution >= 4 is 0 Å². The predicted molar refractivity (Wildman–Crippen MR) is 98.7 cm³/mol. The number of unbranched alkanes of at least 4 members (excludes halogenated alkanes) is 1. The SMILES string of the molecule is CCC/C=C(\CCC)C1(N)C[C@@H]2CC3(COC(C)(C)OC3)C[C@H]2C1. The van der Waals surface area contributed by atoms with E-state index in [2.05, 4.69) is 19.9 Å². The van der Waals surface area contributed by atoms with Crippen LogP contribution in [0.15, 0.2) is 11.6 Å². The second-order valence-electron chi connectivity index (χ2n) is 9.24. The largest absolute Gasteiger partial charge is 0.350 e. The zero-order chi connectivity index (χ0) is 17.4. The summed E-state index contributed by atoms with van der Waals surface area (Å²) in [6.45, 7) is 10.3. The fourth-order valence-electron chi connectivity index (χ4n) is 5.40. The maximum absolute atomic E-state index is 6.95. The van der Waals surface area contributed by atoms with Crippen molar-refractivity contribution in [2.45, 2.75) is 90.4 Å². The molecule has 2 aliphatic carbocycles. The van der Waals surface area contributed by atoms with Crippen LogP contribution in [0.25, 0.3) is 0 Å². The lowest BCUT2D eigenvalue weighted by Crippen LogP contribution is -2.46. The van der Waals surface area contributed by atoms with E-state index in [1.54, 1.807) is 0 Å². The molecule has 3 nitrogen and oxygen atoms in total. The summed E-state index contributed by atoms with van der Waals surface area (Å²) in [4.78, 5) is 0. The lowest BCUT2D eigenvalue weighted by molar-refractivity contribution is -0.285. The van der Waals surface area contributed by atoms with Gasteiger partial charge in [0.15, 0.2) is 5.79 Å². The van der Waals surface area contributed by atoms with E-state index < -0.39 is 5.79 Å². The van der Waals surface area contributed by atoms with E-state index >= 15 is 0 Å². The van der Waals surface area contributed by atoms with Gasteiger partial charge in [0.1, 0.15) is 0 Å². The average molecular weight is 336 g/mol. The number of hydrogen-bond donors (Lipinski definition) is 1. The van der Waals surface area contributed by atoms with Gasteiger partial charge in [-0.05, 0) is 64.2 Å². The Balaban J connectivity index is 1.66. The molecule has 0 aromatic carbocycles. The third-order valence-corrected chi connectivity index (χ3v) is 6.60. The summed E-state index contributed by atoms with van der Waals surface area (Å²) in [6, 6.07) is 0. The van der Waals surface area contributed by atoms with Gasteiger partial charge in [0.25, 0.3) is 0 Å². The van der Waals surface area contributed by atoms with Crippen molar-refractivity contribution in [1.29, 1.82) is 0 Å². The van der Waals surface area contributed by atoms with E-state index in [1.165, 1.54) is 56.9 Å². The first-order valence-corrected chi connectivity index (χ1v) is 10.1. The third-order valence-electron chi connectivity index (χ3n) is 6.60. The topological polar surface area (TPSA) is 44.5 Å². The summed E-state index contributed by atoms with van der Waals surface area (Å²) in [5, 5.41) is 0. The van der Waals surface area contributed by atoms with Crippen LogP contribution in [-0.2, 0) is 9.47 Å². The molecule has 1 spiro atoms. The predicted octanol–water partition coefficient (Wildman–Crippen LogP) is 4.80. The van der Waals surface area contributed by atoms with Crippen LogP contribution in [0.2, 0.25) is 0 Å². The Morgan fingerprint density at radius 2 is 1.58 bits per heavy atom. The Labute approximate surface area is 148 Å². The first kappa shape index (κ1) is 18.4. The van der Waals surface area contributed by atoms with Crippen molar-refractivity contribution in [1.82, 2.24) is 0 Å². The van der Waals surface area contributed by atoms with Gasteiger partial charge in [-0.3, -0.25) is 0 Å². The average Bonchev–Trinajstić information content (AvgIpc) is 2.99. The molecule has 138 valence electrons. The molecule has 0 unspecified atom stereocenters. The van der Waals surface area contributed by atoms with Gasteiger partial charge >= 0.3 is 0 Å². The lowest BCUT2D eigenvalue weighted by Gasteiger charge is -2.42. The van der Waals surface area contributed by atoms with Crippen LogP contribution in [0.1, 0.15) is 79.1 Å². The number of fused-ring (bicyclic) bond motifs is 1. The standard InChI is InChI=1S/C21H37NO2/c1-5-7-9-18(8-6-2)21(22)12-16-10-20(11-17(16)13-21)14-23-19(3,4)24-15-20/h9,16-17H,5-8,10-15,22H2,1-4H3/b18-9+/t16-,17-/m0/s1. The van der Waals surface area contributed by atoms with E-state index in [1.807, 2.05) is 13.8 Å². The Morgan fingerprint density at radius 1 is 1.00 bits per heavy atom. The number of nitrogens with two attached hydrogens (primary N) is 1. The summed E-state index contributed by atoms with van der Waals surface area (Å²) < 4.78 is 12.0. The van der Waals surface area contributed by atoms with Crippen molar-refractivity contribution in [3.05, 3.63) is 11.6 Å². The fraction of sp³-hybridized carbons (Fsp3) is 0.905. The molecule has 3 rings (SSSR count). The van der Waals surface area contributed by atoms with Crippen LogP contribution in [0.3, 0.4) is 0 Å². The molecule has 2 N–H and O–H groups in total. The van der Waals surface area contributed by atoms with Crippen molar-refractivity contribution in [2.75, 3.05) is 13.2 Å². The minimum atomic E-state index is -0.405. The molecule has 0 aromatic heterocycles. The third kappa shape index (κ3) is 3.59. The number of ether oxygens (including phenoxy) is 2. The second-order valence-corrected chi connectivity index (χ2v) is 9.24. The molecule has 0 amide bonds. The molecule has 0 bridgehead atoms. The van der Waals surface area contributed by atoms with Gasteiger partial charge in [0.05, 0.1) is 13.2 Å². The van der Waals surface area contributed by atoms with Gasteiger partial charge in [0.2, 0.25) is 0 Å². The molecule has 2 atom stereocenters. The van der Waals surface area contributed by atoms with Crippen LogP contribution in [0.4, 0.5) is 0 Å². The van der Waals surface area contributed by atoms with Crippen molar-refractivity contribution in [3.63, 3.8) is 0 Å². The zero-order valence-electron chi connectivity index (χ0n) is 16.2. The molecule has 1 heterocycles. The van der Waals surface area contributed by atoms with E-state index in [-0.39, 0.29) is 11.0 Å². The van der Waals surface area contributed by atoms with Crippen LogP contribution in [-0.4, -0.2) is 24.5 Å². The number of rotatable bonds is 5. The summed E-state index contributed by atoms with van der Waals surface area (Å²) >= 11 is 0. The van der Waals surface area contributed by atoms with Crippen molar-refractivity contribution in [2.24, 2.45) is 23.0 Å². The first-order chi connectivity index (χ1) is 11.3. The van der Waals surface area contributed by atoms with Gasteiger partial charge in [-0.1, -0.05) is 38.3 Å². The highest BCUT2D eigenvalue weighted by atomic mass is 16.7. The fourth-order valence-corrected chi connectivity index (χ4v) is 5.40. The molecule has 1 saturated heterocycles.